The molecule has 3 rings (SSSR count). The van der Waals surface area contributed by atoms with Gasteiger partial charge in [0, 0.05) is 7.05 Å². The molecule has 2 aromatic carbocycles. The van der Waals surface area contributed by atoms with Crippen LogP contribution in [0.4, 0.5) is 0 Å². The lowest BCUT2D eigenvalue weighted by atomic mass is 10.2. The van der Waals surface area contributed by atoms with Crippen LogP contribution in [0.15, 0.2) is 58.8 Å². The van der Waals surface area contributed by atoms with Gasteiger partial charge in [-0.3, -0.25) is 4.79 Å². The zero-order chi connectivity index (χ0) is 19.1. The molecule has 0 aliphatic rings. The first kappa shape index (κ1) is 19.0. The molecule has 0 aliphatic carbocycles. The molecule has 0 spiro atoms. The van der Waals surface area contributed by atoms with Crippen molar-refractivity contribution >= 4 is 34.9 Å². The van der Waals surface area contributed by atoms with Crippen LogP contribution in [-0.4, -0.2) is 34.0 Å². The largest absolute Gasteiger partial charge is 0.494 e. The van der Waals surface area contributed by atoms with Crippen molar-refractivity contribution < 1.29 is 9.53 Å². The summed E-state index contributed by atoms with van der Waals surface area (Å²) in [5.41, 5.74) is 5.41. The van der Waals surface area contributed by atoms with Crippen LogP contribution in [0, 0.1) is 0 Å². The number of hydrogen-bond acceptors (Lipinski definition) is 5. The van der Waals surface area contributed by atoms with Crippen LogP contribution in [0.25, 0.3) is 11.0 Å². The lowest BCUT2D eigenvalue weighted by molar-refractivity contribution is -0.118. The Morgan fingerprint density at radius 1 is 1.26 bits per heavy atom. The highest BCUT2D eigenvalue weighted by Crippen LogP contribution is 2.22. The second-order valence-corrected chi connectivity index (χ2v) is 6.88. The molecule has 0 unspecified atom stereocenters. The summed E-state index contributed by atoms with van der Waals surface area (Å²) in [6.45, 7) is 2.77. The number of fused-ring (bicyclic) bond motifs is 1. The zero-order valence-corrected chi connectivity index (χ0v) is 16.2. The Bertz CT molecular complexity index is 935. The molecule has 0 saturated carbocycles. The Morgan fingerprint density at radius 2 is 2.04 bits per heavy atom. The van der Waals surface area contributed by atoms with Gasteiger partial charge in [0.05, 0.1) is 29.6 Å². The van der Waals surface area contributed by atoms with E-state index in [1.807, 2.05) is 60.1 Å². The molecule has 1 aromatic heterocycles. The van der Waals surface area contributed by atoms with Crippen molar-refractivity contribution in [2.24, 2.45) is 12.1 Å². The number of carbonyl (C=O) groups is 1. The van der Waals surface area contributed by atoms with Crippen molar-refractivity contribution in [3.8, 4) is 5.75 Å². The lowest BCUT2D eigenvalue weighted by Gasteiger charge is -2.04. The van der Waals surface area contributed by atoms with E-state index in [1.54, 1.807) is 6.21 Å². The monoisotopic (exact) mass is 382 g/mol. The van der Waals surface area contributed by atoms with Crippen molar-refractivity contribution in [2.75, 3.05) is 12.4 Å². The highest BCUT2D eigenvalue weighted by atomic mass is 32.2. The number of nitrogens with one attached hydrogen (secondary N) is 1. The van der Waals surface area contributed by atoms with Crippen LogP contribution in [0.1, 0.15) is 18.9 Å². The minimum Gasteiger partial charge on any atom is -0.494 e. The van der Waals surface area contributed by atoms with Crippen LogP contribution in [-0.2, 0) is 11.8 Å². The Labute approximate surface area is 162 Å². The number of nitrogens with zero attached hydrogens (tertiary/aromatic N) is 3. The van der Waals surface area contributed by atoms with Crippen molar-refractivity contribution in [3.63, 3.8) is 0 Å². The molecule has 3 aromatic rings. The number of aryl methyl sites for hydroxylation is 1. The van der Waals surface area contributed by atoms with E-state index < -0.39 is 0 Å². The van der Waals surface area contributed by atoms with Gasteiger partial charge in [-0.2, -0.15) is 5.10 Å². The van der Waals surface area contributed by atoms with Crippen LogP contribution >= 0.6 is 11.8 Å². The molecule has 6 nitrogen and oxygen atoms in total. The molecule has 0 aliphatic heterocycles. The standard InChI is InChI=1S/C20H22N4O2S/c1-3-12-26-16-10-8-15(9-11-16)13-21-23-19(25)14-27-20-22-17-6-4-5-7-18(17)24(20)2/h4-11,13H,3,12,14H2,1-2H3,(H,23,25)/b21-13+. The number of hydrogen-bond donors (Lipinski definition) is 1. The number of hydrazone groups is 1. The van der Waals surface area contributed by atoms with E-state index in [2.05, 4.69) is 22.4 Å². The van der Waals surface area contributed by atoms with Gasteiger partial charge in [-0.25, -0.2) is 10.4 Å². The van der Waals surface area contributed by atoms with Gasteiger partial charge in [0.15, 0.2) is 5.16 Å². The molecule has 140 valence electrons. The van der Waals surface area contributed by atoms with E-state index in [0.29, 0.717) is 6.61 Å². The number of aromatic nitrogens is 2. The van der Waals surface area contributed by atoms with Crippen molar-refractivity contribution in [3.05, 3.63) is 54.1 Å². The van der Waals surface area contributed by atoms with Crippen LogP contribution in [0.5, 0.6) is 5.75 Å². The Kier molecular flexibility index (Phi) is 6.49. The molecule has 7 heteroatoms. The van der Waals surface area contributed by atoms with Crippen molar-refractivity contribution in [2.45, 2.75) is 18.5 Å². The molecule has 1 amide bonds. The summed E-state index contributed by atoms with van der Waals surface area (Å²) >= 11 is 1.39. The molecule has 0 fully saturated rings. The normalized spacial score (nSPS) is 11.2. The first-order chi connectivity index (χ1) is 13.2. The fraction of sp³-hybridized carbons (Fsp3) is 0.250. The van der Waals surface area contributed by atoms with Crippen molar-refractivity contribution in [1.82, 2.24) is 15.0 Å². The Morgan fingerprint density at radius 3 is 2.78 bits per heavy atom. The van der Waals surface area contributed by atoms with Crippen LogP contribution < -0.4 is 10.2 Å². The summed E-state index contributed by atoms with van der Waals surface area (Å²) in [5.74, 6) is 0.904. The summed E-state index contributed by atoms with van der Waals surface area (Å²) < 4.78 is 7.52. The highest BCUT2D eigenvalue weighted by Gasteiger charge is 2.09. The third-order valence-electron chi connectivity index (χ3n) is 3.83. The van der Waals surface area contributed by atoms with Crippen LogP contribution in [0.2, 0.25) is 0 Å². The first-order valence-electron chi connectivity index (χ1n) is 8.76. The average Bonchev–Trinajstić information content (AvgIpc) is 3.02. The molecule has 0 bridgehead atoms. The number of para-hydroxylation sites is 2. The third-order valence-corrected chi connectivity index (χ3v) is 4.86. The van der Waals surface area contributed by atoms with Gasteiger partial charge in [0.25, 0.3) is 5.91 Å². The quantitative estimate of drug-likeness (QED) is 0.367. The van der Waals surface area contributed by atoms with Gasteiger partial charge in [-0.15, -0.1) is 0 Å². The van der Waals surface area contributed by atoms with E-state index in [1.165, 1.54) is 11.8 Å². The van der Waals surface area contributed by atoms with E-state index in [4.69, 9.17) is 4.74 Å². The van der Waals surface area contributed by atoms with Gasteiger partial charge in [0.1, 0.15) is 5.75 Å². The lowest BCUT2D eigenvalue weighted by Crippen LogP contribution is -2.19. The Hall–Kier alpha value is -2.80. The second kappa shape index (κ2) is 9.23. The van der Waals surface area contributed by atoms with Gasteiger partial charge < -0.3 is 9.30 Å². The minimum atomic E-state index is -0.175. The maximum absolute atomic E-state index is 12.0. The molecule has 0 atom stereocenters. The molecular weight excluding hydrogens is 360 g/mol. The summed E-state index contributed by atoms with van der Waals surface area (Å²) in [6.07, 6.45) is 2.59. The van der Waals surface area contributed by atoms with E-state index >= 15 is 0 Å². The number of imidazole rings is 1. The number of ether oxygens (including phenoxy) is 1. The van der Waals surface area contributed by atoms with Gasteiger partial charge >= 0.3 is 0 Å². The van der Waals surface area contributed by atoms with E-state index in [9.17, 15) is 4.79 Å². The molecule has 1 N–H and O–H groups in total. The molecule has 0 saturated heterocycles. The maximum atomic E-state index is 12.0. The fourth-order valence-corrected chi connectivity index (χ4v) is 3.24. The van der Waals surface area contributed by atoms with E-state index in [0.717, 1.165) is 33.9 Å². The van der Waals surface area contributed by atoms with Gasteiger partial charge in [-0.1, -0.05) is 30.8 Å². The number of carbonyl (C=O) groups excluding carboxylic acids is 1. The smallest absolute Gasteiger partial charge is 0.250 e. The average molecular weight is 382 g/mol. The number of benzene rings is 2. The maximum Gasteiger partial charge on any atom is 0.250 e. The number of thioether (sulfide) groups is 1. The molecule has 27 heavy (non-hydrogen) atoms. The SMILES string of the molecule is CCCOc1ccc(/C=N/NC(=O)CSc2nc3ccccc3n2C)cc1. The molecule has 1 heterocycles. The molecular formula is C20H22N4O2S. The summed E-state index contributed by atoms with van der Waals surface area (Å²) in [5, 5.41) is 4.81. The summed E-state index contributed by atoms with van der Waals surface area (Å²) in [7, 11) is 1.95. The first-order valence-corrected chi connectivity index (χ1v) is 9.75. The highest BCUT2D eigenvalue weighted by molar-refractivity contribution is 7.99. The van der Waals surface area contributed by atoms with Crippen molar-refractivity contribution in [1.29, 1.82) is 0 Å². The Balaban J connectivity index is 1.49. The van der Waals surface area contributed by atoms with Crippen LogP contribution in [0.3, 0.4) is 0 Å². The minimum absolute atomic E-state index is 0.175. The third kappa shape index (κ3) is 5.10. The fourth-order valence-electron chi connectivity index (χ4n) is 2.46. The van der Waals surface area contributed by atoms with E-state index in [-0.39, 0.29) is 11.7 Å². The number of amides is 1. The summed E-state index contributed by atoms with van der Waals surface area (Å²) in [4.78, 5) is 16.5. The predicted octanol–water partition coefficient (Wildman–Crippen LogP) is 3.60. The summed E-state index contributed by atoms with van der Waals surface area (Å²) in [6, 6.07) is 15.5. The number of rotatable bonds is 8. The van der Waals surface area contributed by atoms with Gasteiger partial charge in [-0.05, 0) is 48.4 Å². The topological polar surface area (TPSA) is 68.5 Å². The predicted molar refractivity (Wildman–Crippen MR) is 109 cm³/mol. The van der Waals surface area contributed by atoms with Gasteiger partial charge in [0.2, 0.25) is 0 Å². The molecule has 0 radical (unpaired) electrons. The zero-order valence-electron chi connectivity index (χ0n) is 15.4. The second-order valence-electron chi connectivity index (χ2n) is 5.94.